The van der Waals surface area contributed by atoms with Crippen LogP contribution in [0.3, 0.4) is 0 Å². The van der Waals surface area contributed by atoms with Crippen molar-refractivity contribution in [2.75, 3.05) is 0 Å². The van der Waals surface area contributed by atoms with Gasteiger partial charge >= 0.3 is 0 Å². The molecular weight excluding hydrogens is 388 g/mol. The van der Waals surface area contributed by atoms with Gasteiger partial charge in [0.1, 0.15) is 10.0 Å². The number of carbonyl (C=O) groups is 1. The number of nitrogens with one attached hydrogen (secondary N) is 1. The van der Waals surface area contributed by atoms with Gasteiger partial charge in [-0.2, -0.15) is 0 Å². The number of aryl methyl sites for hydroxylation is 1. The van der Waals surface area contributed by atoms with E-state index in [0.29, 0.717) is 9.35 Å². The first-order chi connectivity index (χ1) is 9.31. The Kier molecular flexibility index (Phi) is 4.48. The summed E-state index contributed by atoms with van der Waals surface area (Å²) in [4.78, 5) is 15.9. The lowest BCUT2D eigenvalue weighted by Crippen LogP contribution is -2.30. The van der Waals surface area contributed by atoms with Crippen LogP contribution in [-0.4, -0.2) is 19.3 Å². The number of thiophene rings is 1. The van der Waals surface area contributed by atoms with E-state index in [2.05, 4.69) is 20.9 Å². The molecule has 0 aromatic carbocycles. The van der Waals surface area contributed by atoms with Crippen LogP contribution in [0.1, 0.15) is 15.2 Å². The van der Waals surface area contributed by atoms with Crippen LogP contribution in [0.15, 0.2) is 33.1 Å². The molecule has 5 nitrogen and oxygen atoms in total. The van der Waals surface area contributed by atoms with Gasteiger partial charge in [0.25, 0.3) is 15.9 Å². The monoisotopic (exact) mass is 394 g/mol. The second-order valence-electron chi connectivity index (χ2n) is 3.81. The molecule has 0 aliphatic heterocycles. The Labute approximate surface area is 133 Å². The lowest BCUT2D eigenvalue weighted by Gasteiger charge is -2.07. The summed E-state index contributed by atoms with van der Waals surface area (Å²) in [6.07, 6.45) is 1.09. The molecule has 0 atom stereocenters. The van der Waals surface area contributed by atoms with E-state index in [1.807, 2.05) is 4.72 Å². The summed E-state index contributed by atoms with van der Waals surface area (Å²) >= 11 is 9.96. The maximum absolute atomic E-state index is 12.1. The first-order valence-corrected chi connectivity index (χ1v) is 8.77. The minimum Gasteiger partial charge on any atom is -0.267 e. The molecule has 0 unspecified atom stereocenters. The molecule has 106 valence electrons. The summed E-state index contributed by atoms with van der Waals surface area (Å²) in [6.45, 7) is 1.73. The van der Waals surface area contributed by atoms with Gasteiger partial charge in [-0.15, -0.1) is 11.3 Å². The predicted molar refractivity (Wildman–Crippen MR) is 80.7 cm³/mol. The maximum Gasteiger partial charge on any atom is 0.275 e. The van der Waals surface area contributed by atoms with Crippen molar-refractivity contribution in [2.45, 2.75) is 11.8 Å². The molecule has 1 N–H and O–H groups in total. The average Bonchev–Trinajstić information content (AvgIpc) is 2.78. The van der Waals surface area contributed by atoms with Gasteiger partial charge in [0.05, 0.1) is 9.35 Å². The molecule has 0 aliphatic rings. The van der Waals surface area contributed by atoms with Crippen molar-refractivity contribution in [1.29, 1.82) is 0 Å². The normalized spacial score (nSPS) is 11.3. The van der Waals surface area contributed by atoms with Gasteiger partial charge in [0.2, 0.25) is 0 Å². The minimum absolute atomic E-state index is 0.142. The first-order valence-electron chi connectivity index (χ1n) is 5.23. The van der Waals surface area contributed by atoms with Crippen LogP contribution in [0.25, 0.3) is 0 Å². The Morgan fingerprint density at radius 3 is 2.75 bits per heavy atom. The van der Waals surface area contributed by atoms with Crippen LogP contribution in [0, 0.1) is 6.92 Å². The quantitative estimate of drug-likeness (QED) is 0.811. The van der Waals surface area contributed by atoms with Gasteiger partial charge in [-0.25, -0.2) is 18.1 Å². The molecule has 2 aromatic rings. The van der Waals surface area contributed by atoms with E-state index in [0.717, 1.165) is 11.8 Å². The number of carbonyl (C=O) groups excluding carboxylic acids is 1. The second kappa shape index (κ2) is 5.80. The third-order valence-electron chi connectivity index (χ3n) is 2.38. The summed E-state index contributed by atoms with van der Waals surface area (Å²) in [6, 6.07) is 3.03. The number of aromatic nitrogens is 1. The van der Waals surface area contributed by atoms with E-state index >= 15 is 0 Å². The number of amides is 1. The molecule has 0 bridgehead atoms. The van der Waals surface area contributed by atoms with Crippen LogP contribution in [0.5, 0.6) is 0 Å². The number of nitrogens with zero attached hydrogens (tertiary/aromatic N) is 1. The van der Waals surface area contributed by atoms with Crippen molar-refractivity contribution in [2.24, 2.45) is 0 Å². The highest BCUT2D eigenvalue weighted by atomic mass is 79.9. The average molecular weight is 396 g/mol. The highest BCUT2D eigenvalue weighted by Crippen LogP contribution is 2.23. The van der Waals surface area contributed by atoms with Gasteiger partial charge in [-0.05, 0) is 45.9 Å². The predicted octanol–water partition coefficient (Wildman–Crippen LogP) is 2.99. The van der Waals surface area contributed by atoms with Crippen molar-refractivity contribution >= 4 is 54.8 Å². The van der Waals surface area contributed by atoms with Gasteiger partial charge in [0.15, 0.2) is 0 Å². The number of halogens is 2. The van der Waals surface area contributed by atoms with Gasteiger partial charge in [0, 0.05) is 6.20 Å². The van der Waals surface area contributed by atoms with E-state index in [4.69, 9.17) is 11.6 Å². The molecule has 20 heavy (non-hydrogen) atoms. The number of sulfonamides is 1. The van der Waals surface area contributed by atoms with Crippen LogP contribution in [0.2, 0.25) is 5.15 Å². The summed E-state index contributed by atoms with van der Waals surface area (Å²) in [7, 11) is -3.99. The molecule has 2 rings (SSSR count). The van der Waals surface area contributed by atoms with Crippen molar-refractivity contribution in [1.82, 2.24) is 9.71 Å². The van der Waals surface area contributed by atoms with Crippen LogP contribution >= 0.6 is 38.9 Å². The fourth-order valence-corrected chi connectivity index (χ4v) is 3.80. The zero-order valence-electron chi connectivity index (χ0n) is 10.1. The molecule has 0 saturated heterocycles. The molecular formula is C11H8BrClN2O3S2. The molecule has 0 spiro atoms. The molecule has 1 amide bonds. The van der Waals surface area contributed by atoms with E-state index < -0.39 is 15.9 Å². The van der Waals surface area contributed by atoms with E-state index in [1.54, 1.807) is 18.4 Å². The minimum atomic E-state index is -3.99. The Balaban J connectivity index is 2.30. The number of hydrogen-bond acceptors (Lipinski definition) is 5. The molecule has 2 aromatic heterocycles. The highest BCUT2D eigenvalue weighted by Gasteiger charge is 2.21. The third kappa shape index (κ3) is 3.20. The summed E-state index contributed by atoms with van der Waals surface area (Å²) in [5.74, 6) is -0.663. The Morgan fingerprint density at radius 1 is 1.50 bits per heavy atom. The lowest BCUT2D eigenvalue weighted by atomic mass is 10.3. The van der Waals surface area contributed by atoms with Gasteiger partial charge in [-0.3, -0.25) is 4.79 Å². The van der Waals surface area contributed by atoms with E-state index in [1.165, 1.54) is 17.4 Å². The van der Waals surface area contributed by atoms with Crippen molar-refractivity contribution in [3.05, 3.63) is 43.8 Å². The molecule has 0 saturated carbocycles. The zero-order chi connectivity index (χ0) is 14.9. The molecule has 2 heterocycles. The standard InChI is InChI=1S/C11H8BrClN2O3S2/c1-6-2-3-19-9(6)11(16)15-20(17,18)7-4-8(12)10(13)14-5-7/h2-5H,1H3,(H,15,16). The SMILES string of the molecule is Cc1ccsc1C(=O)NS(=O)(=O)c1cnc(Cl)c(Br)c1. The number of rotatable bonds is 3. The smallest absolute Gasteiger partial charge is 0.267 e. The number of hydrogen-bond donors (Lipinski definition) is 1. The second-order valence-corrected chi connectivity index (χ2v) is 7.62. The van der Waals surface area contributed by atoms with Crippen molar-refractivity contribution < 1.29 is 13.2 Å². The summed E-state index contributed by atoms with van der Waals surface area (Å²) in [5, 5.41) is 1.86. The third-order valence-corrected chi connectivity index (χ3v) is 5.82. The highest BCUT2D eigenvalue weighted by molar-refractivity contribution is 9.10. The van der Waals surface area contributed by atoms with E-state index in [-0.39, 0.29) is 10.0 Å². The topological polar surface area (TPSA) is 76.1 Å². The van der Waals surface area contributed by atoms with Crippen LogP contribution < -0.4 is 4.72 Å². The molecule has 0 radical (unpaired) electrons. The Morgan fingerprint density at radius 2 is 2.20 bits per heavy atom. The van der Waals surface area contributed by atoms with Crippen LogP contribution in [0.4, 0.5) is 0 Å². The maximum atomic E-state index is 12.1. The zero-order valence-corrected chi connectivity index (χ0v) is 14.0. The van der Waals surface area contributed by atoms with Crippen LogP contribution in [-0.2, 0) is 10.0 Å². The fraction of sp³-hybridized carbons (Fsp3) is 0.0909. The van der Waals surface area contributed by atoms with Crippen molar-refractivity contribution in [3.8, 4) is 0 Å². The number of pyridine rings is 1. The van der Waals surface area contributed by atoms with E-state index in [9.17, 15) is 13.2 Å². The molecule has 0 aliphatic carbocycles. The lowest BCUT2D eigenvalue weighted by molar-refractivity contribution is 0.0985. The summed E-state index contributed by atoms with van der Waals surface area (Å²) in [5.41, 5.74) is 0.720. The Bertz CT molecular complexity index is 774. The van der Waals surface area contributed by atoms with Gasteiger partial charge < -0.3 is 0 Å². The molecule has 9 heteroatoms. The van der Waals surface area contributed by atoms with Gasteiger partial charge in [-0.1, -0.05) is 11.6 Å². The molecule has 0 fully saturated rings. The first kappa shape index (κ1) is 15.4. The Hall–Kier alpha value is -0.960. The van der Waals surface area contributed by atoms with Crippen molar-refractivity contribution in [3.63, 3.8) is 0 Å². The summed E-state index contributed by atoms with van der Waals surface area (Å²) < 4.78 is 26.5. The largest absolute Gasteiger partial charge is 0.275 e. The fourth-order valence-electron chi connectivity index (χ4n) is 1.38.